The third kappa shape index (κ3) is 2.85. The van der Waals surface area contributed by atoms with Crippen molar-refractivity contribution in [3.05, 3.63) is 27.8 Å². The second-order valence-electron chi connectivity index (χ2n) is 3.45. The van der Waals surface area contributed by atoms with Crippen molar-refractivity contribution in [1.29, 1.82) is 0 Å². The van der Waals surface area contributed by atoms with Gasteiger partial charge in [0.15, 0.2) is 5.75 Å². The molecule has 0 saturated carbocycles. The Morgan fingerprint density at radius 2 is 1.88 bits per heavy atom. The van der Waals surface area contributed by atoms with E-state index in [-0.39, 0.29) is 11.4 Å². The fourth-order valence-electron chi connectivity index (χ4n) is 1.67. The van der Waals surface area contributed by atoms with Crippen molar-refractivity contribution < 1.29 is 14.4 Å². The first-order valence-electron chi connectivity index (χ1n) is 5.24. The fourth-order valence-corrected chi connectivity index (χ4v) is 1.67. The minimum Gasteiger partial charge on any atom is -0.496 e. The molecular weight excluding hydrogens is 224 g/mol. The number of nitrogens with two attached hydrogens (primary N) is 1. The van der Waals surface area contributed by atoms with Gasteiger partial charge in [0.05, 0.1) is 24.7 Å². The summed E-state index contributed by atoms with van der Waals surface area (Å²) in [4.78, 5) is 10.6. The van der Waals surface area contributed by atoms with E-state index in [1.807, 2.05) is 0 Å². The average Bonchev–Trinajstić information content (AvgIpc) is 2.34. The lowest BCUT2D eigenvalue weighted by Crippen LogP contribution is -2.05. The molecule has 0 heterocycles. The third-order valence-electron chi connectivity index (χ3n) is 2.46. The molecule has 0 unspecified atom stereocenters. The highest BCUT2D eigenvalue weighted by Gasteiger charge is 2.24. The summed E-state index contributed by atoms with van der Waals surface area (Å²) < 4.78 is 10.1. The zero-order valence-electron chi connectivity index (χ0n) is 9.93. The van der Waals surface area contributed by atoms with E-state index in [1.54, 1.807) is 6.07 Å². The molecule has 0 aliphatic rings. The van der Waals surface area contributed by atoms with Crippen LogP contribution in [0.5, 0.6) is 11.5 Å². The number of nitro benzene ring substituents is 1. The molecule has 6 heteroatoms. The van der Waals surface area contributed by atoms with Gasteiger partial charge in [-0.2, -0.15) is 0 Å². The van der Waals surface area contributed by atoms with Crippen molar-refractivity contribution in [3.8, 4) is 11.5 Å². The van der Waals surface area contributed by atoms with E-state index in [0.717, 1.165) is 0 Å². The predicted molar refractivity (Wildman–Crippen MR) is 63.6 cm³/mol. The molecule has 2 N–H and O–H groups in total. The topological polar surface area (TPSA) is 87.6 Å². The van der Waals surface area contributed by atoms with E-state index in [4.69, 9.17) is 15.2 Å². The summed E-state index contributed by atoms with van der Waals surface area (Å²) in [6, 6.07) is 3.20. The van der Waals surface area contributed by atoms with Gasteiger partial charge in [-0.3, -0.25) is 10.1 Å². The van der Waals surface area contributed by atoms with Crippen molar-refractivity contribution in [2.24, 2.45) is 5.73 Å². The summed E-state index contributed by atoms with van der Waals surface area (Å²) in [5.41, 5.74) is 5.91. The molecule has 17 heavy (non-hydrogen) atoms. The summed E-state index contributed by atoms with van der Waals surface area (Å²) in [5, 5.41) is 11.1. The Balaban J connectivity index is 3.30. The van der Waals surface area contributed by atoms with Crippen LogP contribution in [-0.4, -0.2) is 25.7 Å². The maximum atomic E-state index is 11.1. The summed E-state index contributed by atoms with van der Waals surface area (Å²) in [6.45, 7) is 0.470. The SMILES string of the molecule is COc1ccc(OC)c([N+](=O)[O-])c1CCCN. The molecule has 1 aromatic rings. The lowest BCUT2D eigenvalue weighted by Gasteiger charge is -2.11. The van der Waals surface area contributed by atoms with Crippen LogP contribution in [0.4, 0.5) is 5.69 Å². The highest BCUT2D eigenvalue weighted by atomic mass is 16.6. The molecule has 0 bridgehead atoms. The van der Waals surface area contributed by atoms with Gasteiger partial charge >= 0.3 is 5.69 Å². The molecule has 0 radical (unpaired) electrons. The summed E-state index contributed by atoms with van der Waals surface area (Å²) in [7, 11) is 2.89. The summed E-state index contributed by atoms with van der Waals surface area (Å²) >= 11 is 0. The zero-order chi connectivity index (χ0) is 12.8. The first-order chi connectivity index (χ1) is 8.15. The first-order valence-corrected chi connectivity index (χ1v) is 5.24. The van der Waals surface area contributed by atoms with E-state index in [0.29, 0.717) is 30.7 Å². The first kappa shape index (κ1) is 13.2. The molecule has 1 aromatic carbocycles. The van der Waals surface area contributed by atoms with E-state index in [1.165, 1.54) is 20.3 Å². The number of rotatable bonds is 6. The molecule has 6 nitrogen and oxygen atoms in total. The fraction of sp³-hybridized carbons (Fsp3) is 0.455. The number of nitro groups is 1. The molecule has 0 spiro atoms. The van der Waals surface area contributed by atoms with Crippen LogP contribution in [0.3, 0.4) is 0 Å². The van der Waals surface area contributed by atoms with Crippen molar-refractivity contribution in [2.75, 3.05) is 20.8 Å². The number of hydrogen-bond acceptors (Lipinski definition) is 5. The smallest absolute Gasteiger partial charge is 0.317 e. The van der Waals surface area contributed by atoms with Crippen molar-refractivity contribution in [3.63, 3.8) is 0 Å². The Kier molecular flexibility index (Phi) is 4.71. The lowest BCUT2D eigenvalue weighted by molar-refractivity contribution is -0.386. The third-order valence-corrected chi connectivity index (χ3v) is 2.46. The van der Waals surface area contributed by atoms with Crippen LogP contribution in [0.25, 0.3) is 0 Å². The summed E-state index contributed by atoms with van der Waals surface area (Å²) in [5.74, 6) is 0.730. The Morgan fingerprint density at radius 1 is 1.29 bits per heavy atom. The van der Waals surface area contributed by atoms with E-state index in [9.17, 15) is 10.1 Å². The maximum Gasteiger partial charge on any atom is 0.317 e. The normalized spacial score (nSPS) is 10.1. The molecule has 0 fully saturated rings. The Hall–Kier alpha value is -1.82. The molecule has 0 aliphatic heterocycles. The van der Waals surface area contributed by atoms with Gasteiger partial charge in [-0.1, -0.05) is 0 Å². The largest absolute Gasteiger partial charge is 0.496 e. The quantitative estimate of drug-likeness (QED) is 0.601. The van der Waals surface area contributed by atoms with Gasteiger partial charge in [0.1, 0.15) is 5.75 Å². The summed E-state index contributed by atoms with van der Waals surface area (Å²) in [6.07, 6.45) is 1.15. The minimum atomic E-state index is -0.451. The van der Waals surface area contributed by atoms with E-state index >= 15 is 0 Å². The molecule has 0 saturated heterocycles. The monoisotopic (exact) mass is 240 g/mol. The Labute approximate surface area is 99.5 Å². The highest BCUT2D eigenvalue weighted by Crippen LogP contribution is 2.37. The molecule has 94 valence electrons. The lowest BCUT2D eigenvalue weighted by atomic mass is 10.1. The maximum absolute atomic E-state index is 11.1. The van der Waals surface area contributed by atoms with E-state index < -0.39 is 4.92 Å². The Bertz CT molecular complexity index is 407. The van der Waals surface area contributed by atoms with Crippen molar-refractivity contribution >= 4 is 5.69 Å². The van der Waals surface area contributed by atoms with Gasteiger partial charge in [-0.15, -0.1) is 0 Å². The highest BCUT2D eigenvalue weighted by molar-refractivity contribution is 5.59. The number of hydrogen-bond donors (Lipinski definition) is 1. The zero-order valence-corrected chi connectivity index (χ0v) is 9.93. The van der Waals surface area contributed by atoms with Gasteiger partial charge in [-0.05, 0) is 31.5 Å². The van der Waals surface area contributed by atoms with Gasteiger partial charge in [0, 0.05) is 0 Å². The van der Waals surface area contributed by atoms with E-state index in [2.05, 4.69) is 0 Å². The minimum absolute atomic E-state index is 0.0414. The second kappa shape index (κ2) is 6.05. The Morgan fingerprint density at radius 3 is 2.35 bits per heavy atom. The van der Waals surface area contributed by atoms with Crippen LogP contribution in [0.2, 0.25) is 0 Å². The number of ether oxygens (including phenoxy) is 2. The van der Waals surface area contributed by atoms with Gasteiger partial charge in [-0.25, -0.2) is 0 Å². The van der Waals surface area contributed by atoms with Crippen molar-refractivity contribution in [1.82, 2.24) is 0 Å². The van der Waals surface area contributed by atoms with Gasteiger partial charge in [0.2, 0.25) is 0 Å². The number of benzene rings is 1. The van der Waals surface area contributed by atoms with Crippen molar-refractivity contribution in [2.45, 2.75) is 12.8 Å². The van der Waals surface area contributed by atoms with Crippen LogP contribution in [-0.2, 0) is 6.42 Å². The molecule has 0 atom stereocenters. The van der Waals surface area contributed by atoms with Crippen LogP contribution in [0, 0.1) is 10.1 Å². The number of methoxy groups -OCH3 is 2. The number of nitrogens with zero attached hydrogens (tertiary/aromatic N) is 1. The van der Waals surface area contributed by atoms with Gasteiger partial charge in [0.25, 0.3) is 0 Å². The second-order valence-corrected chi connectivity index (χ2v) is 3.45. The van der Waals surface area contributed by atoms with Crippen LogP contribution in [0.15, 0.2) is 12.1 Å². The van der Waals surface area contributed by atoms with Crippen LogP contribution < -0.4 is 15.2 Å². The van der Waals surface area contributed by atoms with Gasteiger partial charge < -0.3 is 15.2 Å². The standard InChI is InChI=1S/C11H16N2O4/c1-16-9-5-6-10(17-2)11(13(14)15)8(9)4-3-7-12/h5-6H,3-4,7,12H2,1-2H3. The molecule has 0 aromatic heterocycles. The average molecular weight is 240 g/mol. The van der Waals surface area contributed by atoms with Crippen LogP contribution >= 0.6 is 0 Å². The van der Waals surface area contributed by atoms with Crippen LogP contribution in [0.1, 0.15) is 12.0 Å². The molecule has 0 aliphatic carbocycles. The predicted octanol–water partition coefficient (Wildman–Crippen LogP) is 1.50. The molecule has 1 rings (SSSR count). The molecule has 0 amide bonds. The molecular formula is C11H16N2O4.